The van der Waals surface area contributed by atoms with Crippen LogP contribution in [0, 0.1) is 5.92 Å². The fourth-order valence-corrected chi connectivity index (χ4v) is 4.37. The number of carbonyl (C=O) groups excluding carboxylic acids is 2. The van der Waals surface area contributed by atoms with Crippen molar-refractivity contribution in [2.45, 2.75) is 45.2 Å². The third kappa shape index (κ3) is 6.31. The molecule has 1 aromatic rings. The van der Waals surface area contributed by atoms with Crippen LogP contribution in [-0.4, -0.2) is 66.9 Å². The molecule has 6 nitrogen and oxygen atoms in total. The molecular formula is C22H34N4O2. The van der Waals surface area contributed by atoms with E-state index in [2.05, 4.69) is 50.8 Å². The van der Waals surface area contributed by atoms with Crippen molar-refractivity contribution in [2.24, 2.45) is 5.92 Å². The minimum absolute atomic E-state index is 0.0233. The average Bonchev–Trinajstić information content (AvgIpc) is 3.22. The van der Waals surface area contributed by atoms with Crippen molar-refractivity contribution in [1.29, 1.82) is 0 Å². The van der Waals surface area contributed by atoms with E-state index in [4.69, 9.17) is 0 Å². The molecule has 2 fully saturated rings. The molecular weight excluding hydrogens is 352 g/mol. The van der Waals surface area contributed by atoms with Crippen LogP contribution in [0.4, 0.5) is 0 Å². The SMILES string of the molecule is CC(=O)NC(C(=O)NCCN1CCN(Cc2ccccc2)CC1)C1CCCC1. The smallest absolute Gasteiger partial charge is 0.242 e. The Bertz CT molecular complexity index is 623. The van der Waals surface area contributed by atoms with Gasteiger partial charge >= 0.3 is 0 Å². The highest BCUT2D eigenvalue weighted by molar-refractivity contribution is 5.87. The first kappa shape index (κ1) is 20.8. The van der Waals surface area contributed by atoms with Crippen molar-refractivity contribution >= 4 is 11.8 Å². The molecule has 1 atom stereocenters. The van der Waals surface area contributed by atoms with E-state index in [-0.39, 0.29) is 23.8 Å². The van der Waals surface area contributed by atoms with E-state index in [0.29, 0.717) is 6.54 Å². The Hall–Kier alpha value is -1.92. The summed E-state index contributed by atoms with van der Waals surface area (Å²) in [4.78, 5) is 29.0. The average molecular weight is 387 g/mol. The van der Waals surface area contributed by atoms with Gasteiger partial charge in [-0.25, -0.2) is 0 Å². The first-order valence-electron chi connectivity index (χ1n) is 10.7. The molecule has 1 saturated heterocycles. The maximum atomic E-state index is 12.6. The predicted octanol–water partition coefficient (Wildman–Crippen LogP) is 1.62. The lowest BCUT2D eigenvalue weighted by atomic mass is 9.97. The van der Waals surface area contributed by atoms with Crippen LogP contribution in [0.5, 0.6) is 0 Å². The van der Waals surface area contributed by atoms with Gasteiger partial charge in [0.1, 0.15) is 6.04 Å². The third-order valence-corrected chi connectivity index (χ3v) is 5.95. The molecule has 0 bridgehead atoms. The Balaban J connectivity index is 1.36. The van der Waals surface area contributed by atoms with Gasteiger partial charge in [0.15, 0.2) is 0 Å². The van der Waals surface area contributed by atoms with E-state index < -0.39 is 0 Å². The van der Waals surface area contributed by atoms with Gasteiger partial charge in [-0.1, -0.05) is 43.2 Å². The molecule has 1 heterocycles. The highest BCUT2D eigenvalue weighted by Crippen LogP contribution is 2.27. The van der Waals surface area contributed by atoms with Gasteiger partial charge in [0.2, 0.25) is 11.8 Å². The van der Waals surface area contributed by atoms with Crippen LogP contribution in [0.2, 0.25) is 0 Å². The highest BCUT2D eigenvalue weighted by Gasteiger charge is 2.31. The Morgan fingerprint density at radius 1 is 1.04 bits per heavy atom. The number of rotatable bonds is 8. The van der Waals surface area contributed by atoms with Gasteiger partial charge in [-0.3, -0.25) is 19.4 Å². The zero-order valence-corrected chi connectivity index (χ0v) is 17.0. The Morgan fingerprint density at radius 3 is 2.32 bits per heavy atom. The molecule has 6 heteroatoms. The second-order valence-electron chi connectivity index (χ2n) is 8.12. The van der Waals surface area contributed by atoms with Gasteiger partial charge in [0.25, 0.3) is 0 Å². The molecule has 2 amide bonds. The number of amides is 2. The van der Waals surface area contributed by atoms with Crippen molar-refractivity contribution in [2.75, 3.05) is 39.3 Å². The summed E-state index contributed by atoms with van der Waals surface area (Å²) in [5, 5.41) is 5.92. The molecule has 1 saturated carbocycles. The first-order chi connectivity index (χ1) is 13.6. The van der Waals surface area contributed by atoms with E-state index in [0.717, 1.165) is 65.0 Å². The molecule has 0 aromatic heterocycles. The van der Waals surface area contributed by atoms with Gasteiger partial charge in [0.05, 0.1) is 0 Å². The van der Waals surface area contributed by atoms with Crippen LogP contribution in [-0.2, 0) is 16.1 Å². The minimum Gasteiger partial charge on any atom is -0.353 e. The fraction of sp³-hybridized carbons (Fsp3) is 0.636. The quantitative estimate of drug-likeness (QED) is 0.713. The largest absolute Gasteiger partial charge is 0.353 e. The van der Waals surface area contributed by atoms with Gasteiger partial charge in [-0.05, 0) is 24.3 Å². The van der Waals surface area contributed by atoms with Crippen molar-refractivity contribution < 1.29 is 9.59 Å². The number of carbonyl (C=O) groups is 2. The Morgan fingerprint density at radius 2 is 1.68 bits per heavy atom. The van der Waals surface area contributed by atoms with Crippen molar-refractivity contribution in [3.8, 4) is 0 Å². The van der Waals surface area contributed by atoms with Gasteiger partial charge in [0, 0.05) is 52.7 Å². The molecule has 1 aliphatic heterocycles. The summed E-state index contributed by atoms with van der Waals surface area (Å²) in [6.07, 6.45) is 4.37. The van der Waals surface area contributed by atoms with Gasteiger partial charge in [-0.15, -0.1) is 0 Å². The number of hydrogen-bond donors (Lipinski definition) is 2. The molecule has 1 aromatic carbocycles. The molecule has 0 spiro atoms. The normalized spacial score (nSPS) is 20.0. The second kappa shape index (κ2) is 10.6. The first-order valence-corrected chi connectivity index (χ1v) is 10.7. The summed E-state index contributed by atoms with van der Waals surface area (Å²) in [6.45, 7) is 8.16. The van der Waals surface area contributed by atoms with Crippen LogP contribution >= 0.6 is 0 Å². The van der Waals surface area contributed by atoms with E-state index in [1.165, 1.54) is 12.5 Å². The van der Waals surface area contributed by atoms with Gasteiger partial charge < -0.3 is 10.6 Å². The highest BCUT2D eigenvalue weighted by atomic mass is 16.2. The lowest BCUT2D eigenvalue weighted by molar-refractivity contribution is -0.129. The summed E-state index contributed by atoms with van der Waals surface area (Å²) < 4.78 is 0. The summed E-state index contributed by atoms with van der Waals surface area (Å²) >= 11 is 0. The summed E-state index contributed by atoms with van der Waals surface area (Å²) in [5.74, 6) is 0.136. The monoisotopic (exact) mass is 386 g/mol. The van der Waals surface area contributed by atoms with Crippen molar-refractivity contribution in [1.82, 2.24) is 20.4 Å². The number of hydrogen-bond acceptors (Lipinski definition) is 4. The zero-order valence-electron chi connectivity index (χ0n) is 17.0. The number of piperazine rings is 1. The maximum Gasteiger partial charge on any atom is 0.242 e. The lowest BCUT2D eigenvalue weighted by Crippen LogP contribution is -2.52. The van der Waals surface area contributed by atoms with Crippen LogP contribution in [0.25, 0.3) is 0 Å². The molecule has 0 radical (unpaired) electrons. The Kier molecular flexibility index (Phi) is 7.86. The molecule has 1 aliphatic carbocycles. The topological polar surface area (TPSA) is 64.7 Å². The molecule has 28 heavy (non-hydrogen) atoms. The van der Waals surface area contributed by atoms with Crippen LogP contribution in [0.3, 0.4) is 0 Å². The van der Waals surface area contributed by atoms with Gasteiger partial charge in [-0.2, -0.15) is 0 Å². The maximum absolute atomic E-state index is 12.6. The van der Waals surface area contributed by atoms with E-state index in [9.17, 15) is 9.59 Å². The number of nitrogens with one attached hydrogen (secondary N) is 2. The molecule has 2 aliphatic rings. The third-order valence-electron chi connectivity index (χ3n) is 5.95. The summed E-state index contributed by atoms with van der Waals surface area (Å²) in [5.41, 5.74) is 1.36. The summed E-state index contributed by atoms with van der Waals surface area (Å²) in [6, 6.07) is 10.2. The number of nitrogens with zero attached hydrogens (tertiary/aromatic N) is 2. The van der Waals surface area contributed by atoms with E-state index >= 15 is 0 Å². The lowest BCUT2D eigenvalue weighted by Gasteiger charge is -2.34. The number of benzene rings is 1. The predicted molar refractivity (Wildman–Crippen MR) is 111 cm³/mol. The van der Waals surface area contributed by atoms with Crippen molar-refractivity contribution in [3.63, 3.8) is 0 Å². The molecule has 154 valence electrons. The van der Waals surface area contributed by atoms with Crippen LogP contribution in [0.1, 0.15) is 38.2 Å². The standard InChI is InChI=1S/C22H34N4O2/c1-18(27)24-21(20-9-5-6-10-20)22(28)23-11-12-25-13-15-26(16-14-25)17-19-7-3-2-4-8-19/h2-4,7-8,20-21H,5-6,9-17H2,1H3,(H,23,28)(H,24,27). The molecule has 3 rings (SSSR count). The van der Waals surface area contributed by atoms with E-state index in [1.54, 1.807) is 0 Å². The zero-order chi connectivity index (χ0) is 19.8. The van der Waals surface area contributed by atoms with Crippen molar-refractivity contribution in [3.05, 3.63) is 35.9 Å². The molecule has 2 N–H and O–H groups in total. The minimum atomic E-state index is -0.372. The Labute approximate surface area is 168 Å². The van der Waals surface area contributed by atoms with E-state index in [1.807, 2.05) is 0 Å². The second-order valence-corrected chi connectivity index (χ2v) is 8.12. The fourth-order valence-electron chi connectivity index (χ4n) is 4.37. The van der Waals surface area contributed by atoms with Crippen LogP contribution in [0.15, 0.2) is 30.3 Å². The molecule has 1 unspecified atom stereocenters. The van der Waals surface area contributed by atoms with Crippen LogP contribution < -0.4 is 10.6 Å². The summed E-state index contributed by atoms with van der Waals surface area (Å²) in [7, 11) is 0.